The summed E-state index contributed by atoms with van der Waals surface area (Å²) in [5.41, 5.74) is 0. The van der Waals surface area contributed by atoms with Gasteiger partial charge in [0, 0.05) is 25.0 Å². The third-order valence-electron chi connectivity index (χ3n) is 5.20. The summed E-state index contributed by atoms with van der Waals surface area (Å²) in [6, 6.07) is -0.316. The zero-order valence-corrected chi connectivity index (χ0v) is 15.1. The van der Waals surface area contributed by atoms with Crippen LogP contribution >= 0.6 is 0 Å². The molecular weight excluding hydrogens is 332 g/mol. The molecule has 2 aliphatic rings. The van der Waals surface area contributed by atoms with Crippen LogP contribution in [0.25, 0.3) is 0 Å². The van der Waals surface area contributed by atoms with Crippen LogP contribution in [0.3, 0.4) is 0 Å². The summed E-state index contributed by atoms with van der Waals surface area (Å²) in [6.07, 6.45) is 7.40. The smallest absolute Gasteiger partial charge is 0.308 e. The van der Waals surface area contributed by atoms with Gasteiger partial charge in [-0.15, -0.1) is 0 Å². The van der Waals surface area contributed by atoms with Gasteiger partial charge in [0.1, 0.15) is 0 Å². The molecule has 0 bridgehead atoms. The second-order valence-corrected chi connectivity index (χ2v) is 8.97. The van der Waals surface area contributed by atoms with Crippen molar-refractivity contribution in [2.45, 2.75) is 57.4 Å². The number of piperidine rings is 1. The Balaban J connectivity index is 1.93. The molecule has 2 N–H and O–H groups in total. The number of carboxylic acid groups (broad SMARTS) is 1. The number of carbonyl (C=O) groups is 2. The van der Waals surface area contributed by atoms with E-state index in [-0.39, 0.29) is 17.9 Å². The number of amides is 1. The molecular formula is C16H28N2O5S. The van der Waals surface area contributed by atoms with Gasteiger partial charge < -0.3 is 10.4 Å². The van der Waals surface area contributed by atoms with Crippen molar-refractivity contribution in [2.75, 3.05) is 19.3 Å². The van der Waals surface area contributed by atoms with Crippen LogP contribution < -0.4 is 5.32 Å². The van der Waals surface area contributed by atoms with E-state index in [1.807, 2.05) is 0 Å². The Morgan fingerprint density at radius 2 is 1.58 bits per heavy atom. The van der Waals surface area contributed by atoms with E-state index in [4.69, 9.17) is 0 Å². The van der Waals surface area contributed by atoms with Crippen LogP contribution in [-0.2, 0) is 19.6 Å². The lowest BCUT2D eigenvalue weighted by molar-refractivity contribution is -0.143. The van der Waals surface area contributed by atoms with E-state index in [9.17, 15) is 23.1 Å². The molecule has 1 saturated heterocycles. The van der Waals surface area contributed by atoms with Crippen molar-refractivity contribution in [3.8, 4) is 0 Å². The van der Waals surface area contributed by atoms with Crippen LogP contribution in [0.4, 0.5) is 0 Å². The molecule has 2 rings (SSSR count). The first-order chi connectivity index (χ1) is 11.3. The molecule has 0 aromatic rings. The molecule has 1 saturated carbocycles. The number of nitrogens with zero attached hydrogens (tertiary/aromatic N) is 1. The molecule has 1 aliphatic carbocycles. The van der Waals surface area contributed by atoms with E-state index < -0.39 is 21.9 Å². The van der Waals surface area contributed by atoms with Crippen LogP contribution in [-0.4, -0.2) is 55.1 Å². The molecule has 24 heavy (non-hydrogen) atoms. The summed E-state index contributed by atoms with van der Waals surface area (Å²) in [5, 5.41) is 12.4. The number of hydrogen-bond donors (Lipinski definition) is 2. The average Bonchev–Trinajstić information content (AvgIpc) is 2.49. The molecule has 2 atom stereocenters. The average molecular weight is 360 g/mol. The first-order valence-corrected chi connectivity index (χ1v) is 10.6. The summed E-state index contributed by atoms with van der Waals surface area (Å²) < 4.78 is 24.5. The molecule has 1 aliphatic heterocycles. The maximum absolute atomic E-state index is 12.5. The fourth-order valence-electron chi connectivity index (χ4n) is 3.70. The third kappa shape index (κ3) is 5.17. The van der Waals surface area contributed by atoms with E-state index in [0.29, 0.717) is 38.8 Å². The Bertz CT molecular complexity index is 555. The Hall–Kier alpha value is -1.15. The van der Waals surface area contributed by atoms with Gasteiger partial charge in [0.05, 0.1) is 12.2 Å². The lowest BCUT2D eigenvalue weighted by Gasteiger charge is -2.32. The second-order valence-electron chi connectivity index (χ2n) is 6.99. The monoisotopic (exact) mass is 360 g/mol. The standard InChI is InChI=1S/C16H28N2O5S/c1-24(22,23)18-10-8-12(9-11-18)15(19)17-14-7-5-3-2-4-6-13(14)16(20)21/h12-14H,2-11H2,1H3,(H,17,19)(H,20,21). The van der Waals surface area contributed by atoms with Gasteiger partial charge in [-0.2, -0.15) is 0 Å². The minimum absolute atomic E-state index is 0.125. The number of sulfonamides is 1. The molecule has 2 unspecified atom stereocenters. The molecule has 1 heterocycles. The lowest BCUT2D eigenvalue weighted by Crippen LogP contribution is -2.48. The van der Waals surface area contributed by atoms with Crippen molar-refractivity contribution in [1.82, 2.24) is 9.62 Å². The van der Waals surface area contributed by atoms with Gasteiger partial charge in [0.15, 0.2) is 0 Å². The van der Waals surface area contributed by atoms with E-state index in [1.54, 1.807) is 0 Å². The maximum Gasteiger partial charge on any atom is 0.308 e. The zero-order valence-electron chi connectivity index (χ0n) is 14.2. The lowest BCUT2D eigenvalue weighted by atomic mass is 9.86. The van der Waals surface area contributed by atoms with E-state index >= 15 is 0 Å². The third-order valence-corrected chi connectivity index (χ3v) is 6.51. The van der Waals surface area contributed by atoms with Gasteiger partial charge in [-0.3, -0.25) is 9.59 Å². The first-order valence-electron chi connectivity index (χ1n) is 8.77. The summed E-state index contributed by atoms with van der Waals surface area (Å²) >= 11 is 0. The van der Waals surface area contributed by atoms with Gasteiger partial charge in [0.2, 0.25) is 15.9 Å². The van der Waals surface area contributed by atoms with Gasteiger partial charge >= 0.3 is 5.97 Å². The van der Waals surface area contributed by atoms with Crippen LogP contribution in [0.15, 0.2) is 0 Å². The zero-order chi connectivity index (χ0) is 17.7. The predicted molar refractivity (Wildman–Crippen MR) is 89.9 cm³/mol. The molecule has 8 heteroatoms. The topological polar surface area (TPSA) is 104 Å². The molecule has 0 radical (unpaired) electrons. The Morgan fingerprint density at radius 3 is 2.12 bits per heavy atom. The van der Waals surface area contributed by atoms with Crippen LogP contribution in [0.5, 0.6) is 0 Å². The van der Waals surface area contributed by atoms with E-state index in [0.717, 1.165) is 25.7 Å². The second kappa shape index (κ2) is 8.29. The summed E-state index contributed by atoms with van der Waals surface area (Å²) in [7, 11) is -3.21. The SMILES string of the molecule is CS(=O)(=O)N1CCC(C(=O)NC2CCCCCCC2C(=O)O)CC1. The number of carboxylic acids is 1. The van der Waals surface area contributed by atoms with Crippen molar-refractivity contribution in [3.05, 3.63) is 0 Å². The number of carbonyl (C=O) groups excluding carboxylic acids is 1. The number of hydrogen-bond acceptors (Lipinski definition) is 4. The quantitative estimate of drug-likeness (QED) is 0.784. The highest BCUT2D eigenvalue weighted by molar-refractivity contribution is 7.88. The maximum atomic E-state index is 12.5. The Morgan fingerprint density at radius 1 is 1.00 bits per heavy atom. The molecule has 0 aromatic carbocycles. The van der Waals surface area contributed by atoms with Gasteiger partial charge in [-0.25, -0.2) is 12.7 Å². The number of rotatable bonds is 4. The fourth-order valence-corrected chi connectivity index (χ4v) is 4.58. The van der Waals surface area contributed by atoms with Crippen molar-refractivity contribution < 1.29 is 23.1 Å². The summed E-state index contributed by atoms with van der Waals surface area (Å²) in [6.45, 7) is 0.702. The van der Waals surface area contributed by atoms with Crippen molar-refractivity contribution in [2.24, 2.45) is 11.8 Å². The Labute approximate surface area is 143 Å². The molecule has 2 fully saturated rings. The van der Waals surface area contributed by atoms with Crippen molar-refractivity contribution >= 4 is 21.9 Å². The van der Waals surface area contributed by atoms with Gasteiger partial charge in [-0.1, -0.05) is 25.7 Å². The van der Waals surface area contributed by atoms with Crippen molar-refractivity contribution in [3.63, 3.8) is 0 Å². The van der Waals surface area contributed by atoms with Crippen LogP contribution in [0.1, 0.15) is 51.4 Å². The number of nitrogens with one attached hydrogen (secondary N) is 1. The highest BCUT2D eigenvalue weighted by Gasteiger charge is 2.33. The molecule has 7 nitrogen and oxygen atoms in total. The van der Waals surface area contributed by atoms with Crippen LogP contribution in [0.2, 0.25) is 0 Å². The van der Waals surface area contributed by atoms with E-state index in [2.05, 4.69) is 5.32 Å². The summed E-state index contributed by atoms with van der Waals surface area (Å²) in [4.78, 5) is 24.0. The molecule has 1 amide bonds. The molecule has 138 valence electrons. The minimum atomic E-state index is -3.21. The number of aliphatic carboxylic acids is 1. The normalized spacial score (nSPS) is 27.9. The highest BCUT2D eigenvalue weighted by Crippen LogP contribution is 2.25. The predicted octanol–water partition coefficient (Wildman–Crippen LogP) is 1.20. The fraction of sp³-hybridized carbons (Fsp3) is 0.875. The van der Waals surface area contributed by atoms with Crippen LogP contribution in [0, 0.1) is 11.8 Å². The highest BCUT2D eigenvalue weighted by atomic mass is 32.2. The van der Waals surface area contributed by atoms with Gasteiger partial charge in [-0.05, 0) is 25.7 Å². The Kier molecular flexibility index (Phi) is 6.62. The van der Waals surface area contributed by atoms with Crippen molar-refractivity contribution in [1.29, 1.82) is 0 Å². The largest absolute Gasteiger partial charge is 0.481 e. The van der Waals surface area contributed by atoms with E-state index in [1.165, 1.54) is 10.6 Å². The molecule has 0 aromatic heterocycles. The first kappa shape index (κ1) is 19.2. The minimum Gasteiger partial charge on any atom is -0.481 e. The summed E-state index contributed by atoms with van der Waals surface area (Å²) in [5.74, 6) is -1.72. The molecule has 0 spiro atoms. The van der Waals surface area contributed by atoms with Gasteiger partial charge in [0.25, 0.3) is 0 Å².